The summed E-state index contributed by atoms with van der Waals surface area (Å²) in [7, 11) is 0. The number of carbonyl (C=O) groups excluding carboxylic acids is 1. The molecule has 1 fully saturated rings. The monoisotopic (exact) mass is 369 g/mol. The maximum Gasteiger partial charge on any atom is 0.231 e. The van der Waals surface area contributed by atoms with Crippen molar-refractivity contribution in [1.82, 2.24) is 20.1 Å². The minimum Gasteiger partial charge on any atom is -0.337 e. The van der Waals surface area contributed by atoms with E-state index in [-0.39, 0.29) is 17.6 Å². The quantitative estimate of drug-likeness (QED) is 0.757. The number of nitriles is 1. The first-order valence-electron chi connectivity index (χ1n) is 8.80. The summed E-state index contributed by atoms with van der Waals surface area (Å²) >= 11 is 1.30. The predicted molar refractivity (Wildman–Crippen MR) is 101 cm³/mol. The fourth-order valence-corrected chi connectivity index (χ4v) is 3.12. The van der Waals surface area contributed by atoms with Crippen molar-refractivity contribution >= 4 is 17.7 Å². The van der Waals surface area contributed by atoms with Gasteiger partial charge < -0.3 is 5.32 Å². The van der Waals surface area contributed by atoms with Crippen LogP contribution in [0, 0.1) is 17.2 Å². The molecule has 1 aromatic heterocycles. The predicted octanol–water partition coefficient (Wildman–Crippen LogP) is 3.29. The van der Waals surface area contributed by atoms with Crippen LogP contribution < -0.4 is 5.32 Å². The SMILES string of the molecule is CC(C)[C@@](C)(C#N)NC(=O)CSc1nc(C2CC2)n(-c2ccccc2)n1. The van der Waals surface area contributed by atoms with Gasteiger partial charge in [-0.15, -0.1) is 5.10 Å². The van der Waals surface area contributed by atoms with Gasteiger partial charge in [0.2, 0.25) is 11.1 Å². The van der Waals surface area contributed by atoms with E-state index < -0.39 is 5.54 Å². The van der Waals surface area contributed by atoms with Crippen LogP contribution in [0.2, 0.25) is 0 Å². The summed E-state index contributed by atoms with van der Waals surface area (Å²) in [4.78, 5) is 16.9. The lowest BCUT2D eigenvalue weighted by Crippen LogP contribution is -2.49. The molecule has 2 aromatic rings. The minimum absolute atomic E-state index is 0.0262. The zero-order chi connectivity index (χ0) is 18.7. The molecule has 0 aliphatic heterocycles. The van der Waals surface area contributed by atoms with Gasteiger partial charge in [0, 0.05) is 5.92 Å². The van der Waals surface area contributed by atoms with Crippen LogP contribution in [0.3, 0.4) is 0 Å². The summed E-state index contributed by atoms with van der Waals surface area (Å²) in [5.41, 5.74) is 0.114. The van der Waals surface area contributed by atoms with E-state index in [1.165, 1.54) is 11.8 Å². The molecule has 3 rings (SSSR count). The highest BCUT2D eigenvalue weighted by atomic mass is 32.2. The number of nitrogens with one attached hydrogen (secondary N) is 1. The normalized spacial score (nSPS) is 16.1. The van der Waals surface area contributed by atoms with E-state index in [4.69, 9.17) is 0 Å². The maximum atomic E-state index is 12.3. The first-order valence-corrected chi connectivity index (χ1v) is 9.79. The molecule has 1 atom stereocenters. The van der Waals surface area contributed by atoms with Gasteiger partial charge in [-0.2, -0.15) is 5.26 Å². The molecule has 1 N–H and O–H groups in total. The fraction of sp³-hybridized carbons (Fsp3) is 0.474. The average Bonchev–Trinajstić information content (AvgIpc) is 3.40. The third kappa shape index (κ3) is 4.07. The number of rotatable bonds is 7. The van der Waals surface area contributed by atoms with Crippen LogP contribution in [0.1, 0.15) is 45.4 Å². The molecular weight excluding hydrogens is 346 g/mol. The fourth-order valence-electron chi connectivity index (χ4n) is 2.49. The lowest BCUT2D eigenvalue weighted by atomic mass is 9.90. The average molecular weight is 369 g/mol. The van der Waals surface area contributed by atoms with Crippen molar-refractivity contribution in [1.29, 1.82) is 5.26 Å². The Balaban J connectivity index is 1.69. The molecule has 7 heteroatoms. The first-order chi connectivity index (χ1) is 12.4. The summed E-state index contributed by atoms with van der Waals surface area (Å²) in [5, 5.41) is 17.3. The molecule has 0 saturated heterocycles. The van der Waals surface area contributed by atoms with Gasteiger partial charge in [-0.05, 0) is 37.8 Å². The van der Waals surface area contributed by atoms with Crippen LogP contribution in [-0.2, 0) is 4.79 Å². The third-order valence-electron chi connectivity index (χ3n) is 4.67. The second-order valence-electron chi connectivity index (χ2n) is 7.08. The van der Waals surface area contributed by atoms with Gasteiger partial charge >= 0.3 is 0 Å². The van der Waals surface area contributed by atoms with Crippen LogP contribution in [0.5, 0.6) is 0 Å². The molecule has 26 heavy (non-hydrogen) atoms. The van der Waals surface area contributed by atoms with Crippen LogP contribution in [0.25, 0.3) is 5.69 Å². The molecule has 6 nitrogen and oxygen atoms in total. The Bertz CT molecular complexity index is 822. The summed E-state index contributed by atoms with van der Waals surface area (Å²) < 4.78 is 1.88. The summed E-state index contributed by atoms with van der Waals surface area (Å²) in [6.07, 6.45) is 2.26. The van der Waals surface area contributed by atoms with E-state index >= 15 is 0 Å². The number of aromatic nitrogens is 3. The van der Waals surface area contributed by atoms with Crippen LogP contribution in [0.15, 0.2) is 35.5 Å². The number of carbonyl (C=O) groups is 1. The zero-order valence-electron chi connectivity index (χ0n) is 15.3. The van der Waals surface area contributed by atoms with Crippen molar-refractivity contribution in [3.8, 4) is 11.8 Å². The molecule has 0 spiro atoms. The second kappa shape index (κ2) is 7.50. The molecule has 1 aliphatic carbocycles. The van der Waals surface area contributed by atoms with Crippen molar-refractivity contribution in [3.05, 3.63) is 36.2 Å². The zero-order valence-corrected chi connectivity index (χ0v) is 16.1. The van der Waals surface area contributed by atoms with Gasteiger partial charge in [0.25, 0.3) is 0 Å². The highest BCUT2D eigenvalue weighted by molar-refractivity contribution is 7.99. The highest BCUT2D eigenvalue weighted by Gasteiger charge is 2.32. The molecule has 0 unspecified atom stereocenters. The van der Waals surface area contributed by atoms with E-state index in [0.717, 1.165) is 24.4 Å². The summed E-state index contributed by atoms with van der Waals surface area (Å²) in [5.74, 6) is 1.44. The Kier molecular flexibility index (Phi) is 5.33. The van der Waals surface area contributed by atoms with Crippen LogP contribution in [0.4, 0.5) is 0 Å². The molecule has 0 radical (unpaired) electrons. The number of hydrogen-bond acceptors (Lipinski definition) is 5. The minimum atomic E-state index is -0.867. The van der Waals surface area contributed by atoms with Crippen molar-refractivity contribution < 1.29 is 4.79 Å². The Morgan fingerprint density at radius 2 is 2.12 bits per heavy atom. The smallest absolute Gasteiger partial charge is 0.231 e. The highest BCUT2D eigenvalue weighted by Crippen LogP contribution is 2.40. The van der Waals surface area contributed by atoms with Gasteiger partial charge in [0.05, 0.1) is 17.5 Å². The van der Waals surface area contributed by atoms with E-state index in [1.54, 1.807) is 6.92 Å². The Labute approximate surface area is 158 Å². The molecule has 1 aromatic carbocycles. The molecule has 1 heterocycles. The second-order valence-corrected chi connectivity index (χ2v) is 8.02. The molecule has 1 saturated carbocycles. The van der Waals surface area contributed by atoms with E-state index in [1.807, 2.05) is 48.9 Å². The van der Waals surface area contributed by atoms with Crippen molar-refractivity contribution in [2.75, 3.05) is 5.75 Å². The van der Waals surface area contributed by atoms with E-state index in [2.05, 4.69) is 21.5 Å². The van der Waals surface area contributed by atoms with Crippen LogP contribution in [-0.4, -0.2) is 32.0 Å². The van der Waals surface area contributed by atoms with E-state index in [9.17, 15) is 10.1 Å². The van der Waals surface area contributed by atoms with Gasteiger partial charge in [-0.3, -0.25) is 4.79 Å². The number of hydrogen-bond donors (Lipinski definition) is 1. The Hall–Kier alpha value is -2.33. The number of para-hydroxylation sites is 1. The maximum absolute atomic E-state index is 12.3. The summed E-state index contributed by atoms with van der Waals surface area (Å²) in [6, 6.07) is 12.1. The van der Waals surface area contributed by atoms with Crippen LogP contribution >= 0.6 is 11.8 Å². The standard InChI is InChI=1S/C19H23N5OS/c1-13(2)19(3,12-20)22-16(25)11-26-18-21-17(14-9-10-14)24(23-18)15-7-5-4-6-8-15/h4-8,13-14H,9-11H2,1-3H3,(H,22,25)/t19-/m1/s1. The lowest BCUT2D eigenvalue weighted by Gasteiger charge is -2.27. The summed E-state index contributed by atoms with van der Waals surface area (Å²) in [6.45, 7) is 5.58. The number of nitrogens with zero attached hydrogens (tertiary/aromatic N) is 4. The Morgan fingerprint density at radius 3 is 2.69 bits per heavy atom. The van der Waals surface area contributed by atoms with E-state index in [0.29, 0.717) is 11.1 Å². The largest absolute Gasteiger partial charge is 0.337 e. The topological polar surface area (TPSA) is 83.6 Å². The Morgan fingerprint density at radius 1 is 1.42 bits per heavy atom. The first kappa shape index (κ1) is 18.5. The molecule has 1 amide bonds. The van der Waals surface area contributed by atoms with Crippen molar-refractivity contribution in [2.45, 2.75) is 50.2 Å². The molecule has 0 bridgehead atoms. The van der Waals surface area contributed by atoms with Gasteiger partial charge in [-0.1, -0.05) is 43.8 Å². The molecule has 1 aliphatic rings. The number of amides is 1. The lowest BCUT2D eigenvalue weighted by molar-refractivity contribution is -0.120. The third-order valence-corrected chi connectivity index (χ3v) is 5.51. The molecule has 136 valence electrons. The van der Waals surface area contributed by atoms with Crippen molar-refractivity contribution in [3.63, 3.8) is 0 Å². The van der Waals surface area contributed by atoms with Gasteiger partial charge in [-0.25, -0.2) is 9.67 Å². The van der Waals surface area contributed by atoms with Gasteiger partial charge in [0.15, 0.2) is 0 Å². The number of thioether (sulfide) groups is 1. The molecular formula is C19H23N5OS. The van der Waals surface area contributed by atoms with Gasteiger partial charge in [0.1, 0.15) is 11.4 Å². The number of benzene rings is 1. The van der Waals surface area contributed by atoms with Crippen molar-refractivity contribution in [2.24, 2.45) is 5.92 Å².